The Morgan fingerprint density at radius 1 is 1.25 bits per heavy atom. The minimum atomic E-state index is -0.632. The Kier molecular flexibility index (Phi) is 4.40. The lowest BCUT2D eigenvalue weighted by Gasteiger charge is -2.38. The number of nitrogen functional groups attached to an aromatic ring is 1. The molecule has 1 saturated heterocycles. The van der Waals surface area contributed by atoms with Crippen LogP contribution in [-0.2, 0) is 0 Å². The Hall–Kier alpha value is -1.46. The summed E-state index contributed by atoms with van der Waals surface area (Å²) < 4.78 is 5.27. The van der Waals surface area contributed by atoms with E-state index in [-0.39, 0.29) is 0 Å². The molecule has 3 N–H and O–H groups in total. The van der Waals surface area contributed by atoms with E-state index in [0.29, 0.717) is 12.2 Å². The van der Waals surface area contributed by atoms with Crippen LogP contribution in [0.5, 0.6) is 5.75 Å². The summed E-state index contributed by atoms with van der Waals surface area (Å²) in [5, 5.41) is 9.87. The van der Waals surface area contributed by atoms with Crippen molar-refractivity contribution in [3.05, 3.63) is 18.2 Å². The zero-order valence-corrected chi connectivity index (χ0v) is 12.6. The van der Waals surface area contributed by atoms with Gasteiger partial charge >= 0.3 is 0 Å². The van der Waals surface area contributed by atoms with Gasteiger partial charge in [-0.25, -0.2) is 0 Å². The number of piperazine rings is 1. The highest BCUT2D eigenvalue weighted by molar-refractivity contribution is 5.62. The molecule has 1 fully saturated rings. The maximum absolute atomic E-state index is 9.87. The number of nitrogens with two attached hydrogens (primary N) is 1. The number of methoxy groups -OCH3 is 1. The molecule has 0 radical (unpaired) electrons. The van der Waals surface area contributed by atoms with Gasteiger partial charge in [-0.15, -0.1) is 0 Å². The van der Waals surface area contributed by atoms with Crippen LogP contribution in [0.1, 0.15) is 13.8 Å². The fraction of sp³-hybridized carbons (Fsp3) is 0.600. The topological polar surface area (TPSA) is 62.0 Å². The normalized spacial score (nSPS) is 17.3. The van der Waals surface area contributed by atoms with Crippen molar-refractivity contribution in [3.8, 4) is 5.75 Å². The molecule has 1 aliphatic rings. The molecule has 5 nitrogen and oxygen atoms in total. The van der Waals surface area contributed by atoms with E-state index in [1.807, 2.05) is 32.0 Å². The summed E-state index contributed by atoms with van der Waals surface area (Å²) in [6, 6.07) is 5.90. The first-order valence-electron chi connectivity index (χ1n) is 7.02. The van der Waals surface area contributed by atoms with Crippen molar-refractivity contribution < 1.29 is 9.84 Å². The second-order valence-corrected chi connectivity index (χ2v) is 6.00. The van der Waals surface area contributed by atoms with E-state index in [4.69, 9.17) is 10.5 Å². The number of anilines is 2. The summed E-state index contributed by atoms with van der Waals surface area (Å²) >= 11 is 0. The van der Waals surface area contributed by atoms with Crippen LogP contribution in [0.2, 0.25) is 0 Å². The molecule has 0 aromatic heterocycles. The molecule has 0 bridgehead atoms. The van der Waals surface area contributed by atoms with Crippen LogP contribution in [0.25, 0.3) is 0 Å². The van der Waals surface area contributed by atoms with Crippen molar-refractivity contribution in [2.24, 2.45) is 0 Å². The number of nitrogens with zero attached hydrogens (tertiary/aromatic N) is 2. The highest BCUT2D eigenvalue weighted by atomic mass is 16.5. The van der Waals surface area contributed by atoms with Gasteiger partial charge in [0.2, 0.25) is 0 Å². The molecule has 20 heavy (non-hydrogen) atoms. The van der Waals surface area contributed by atoms with E-state index in [1.165, 1.54) is 0 Å². The number of hydrogen-bond acceptors (Lipinski definition) is 5. The average molecular weight is 279 g/mol. The lowest BCUT2D eigenvalue weighted by Crippen LogP contribution is -2.50. The van der Waals surface area contributed by atoms with Crippen LogP contribution in [0.4, 0.5) is 11.4 Å². The minimum Gasteiger partial charge on any atom is -0.495 e. The zero-order valence-electron chi connectivity index (χ0n) is 12.6. The van der Waals surface area contributed by atoms with Crippen LogP contribution in [0.15, 0.2) is 18.2 Å². The summed E-state index contributed by atoms with van der Waals surface area (Å²) in [5.41, 5.74) is 7.01. The lowest BCUT2D eigenvalue weighted by atomic mass is 10.1. The molecule has 1 aliphatic heterocycles. The van der Waals surface area contributed by atoms with Crippen LogP contribution in [0.3, 0.4) is 0 Å². The van der Waals surface area contributed by atoms with Crippen LogP contribution >= 0.6 is 0 Å². The van der Waals surface area contributed by atoms with Gasteiger partial charge in [-0.2, -0.15) is 0 Å². The maximum atomic E-state index is 9.87. The van der Waals surface area contributed by atoms with Crippen LogP contribution in [-0.4, -0.2) is 55.4 Å². The van der Waals surface area contributed by atoms with Gasteiger partial charge in [-0.05, 0) is 26.0 Å². The van der Waals surface area contributed by atoms with Crippen LogP contribution < -0.4 is 15.4 Å². The summed E-state index contributed by atoms with van der Waals surface area (Å²) in [5.74, 6) is 0.724. The predicted octanol–water partition coefficient (Wildman–Crippen LogP) is 1.17. The van der Waals surface area contributed by atoms with Crippen molar-refractivity contribution in [2.45, 2.75) is 19.4 Å². The molecule has 2 rings (SSSR count). The monoisotopic (exact) mass is 279 g/mol. The Morgan fingerprint density at radius 3 is 2.45 bits per heavy atom. The molecule has 0 aliphatic carbocycles. The van der Waals surface area contributed by atoms with Gasteiger partial charge in [0.25, 0.3) is 0 Å². The summed E-state index contributed by atoms with van der Waals surface area (Å²) in [6.45, 7) is 8.22. The fourth-order valence-corrected chi connectivity index (χ4v) is 2.61. The number of benzene rings is 1. The van der Waals surface area contributed by atoms with E-state index in [1.54, 1.807) is 7.11 Å². The quantitative estimate of drug-likeness (QED) is 0.810. The van der Waals surface area contributed by atoms with Gasteiger partial charge in [0.05, 0.1) is 18.4 Å². The summed E-state index contributed by atoms with van der Waals surface area (Å²) in [6.07, 6.45) is 0. The maximum Gasteiger partial charge on any atom is 0.143 e. The van der Waals surface area contributed by atoms with E-state index in [0.717, 1.165) is 37.6 Å². The van der Waals surface area contributed by atoms with Crippen molar-refractivity contribution in [3.63, 3.8) is 0 Å². The van der Waals surface area contributed by atoms with Gasteiger partial charge in [0.15, 0.2) is 0 Å². The molecule has 0 saturated carbocycles. The molecule has 0 unspecified atom stereocenters. The van der Waals surface area contributed by atoms with E-state index in [9.17, 15) is 5.11 Å². The Labute approximate surface area is 120 Å². The molecule has 5 heteroatoms. The Balaban J connectivity index is 1.97. The first kappa shape index (κ1) is 14.9. The average Bonchev–Trinajstić information content (AvgIpc) is 2.38. The number of ether oxygens (including phenoxy) is 1. The van der Waals surface area contributed by atoms with Crippen molar-refractivity contribution in [1.29, 1.82) is 0 Å². The molecule has 0 atom stereocenters. The van der Waals surface area contributed by atoms with Crippen molar-refractivity contribution in [1.82, 2.24) is 4.90 Å². The lowest BCUT2D eigenvalue weighted by molar-refractivity contribution is 0.0345. The highest BCUT2D eigenvalue weighted by Gasteiger charge is 2.23. The smallest absolute Gasteiger partial charge is 0.143 e. The molecule has 1 heterocycles. The first-order valence-corrected chi connectivity index (χ1v) is 7.02. The second-order valence-electron chi connectivity index (χ2n) is 6.00. The summed E-state index contributed by atoms with van der Waals surface area (Å²) in [4.78, 5) is 4.62. The number of aliphatic hydroxyl groups is 1. The minimum absolute atomic E-state index is 0.632. The van der Waals surface area contributed by atoms with Gasteiger partial charge in [-0.3, -0.25) is 4.90 Å². The van der Waals surface area contributed by atoms with E-state index < -0.39 is 5.60 Å². The summed E-state index contributed by atoms with van der Waals surface area (Å²) in [7, 11) is 1.64. The second kappa shape index (κ2) is 5.89. The van der Waals surface area contributed by atoms with Crippen molar-refractivity contribution >= 4 is 11.4 Å². The van der Waals surface area contributed by atoms with Gasteiger partial charge in [0, 0.05) is 44.5 Å². The van der Waals surface area contributed by atoms with Gasteiger partial charge in [0.1, 0.15) is 5.75 Å². The van der Waals surface area contributed by atoms with E-state index in [2.05, 4.69) is 9.80 Å². The molecule has 0 spiro atoms. The standard InChI is InChI=1S/C15H25N3O2/c1-15(2,19)11-17-6-8-18(9-7-17)12-4-5-13(16)14(10-12)20-3/h4-5,10,19H,6-9,11,16H2,1-3H3. The largest absolute Gasteiger partial charge is 0.495 e. The number of β-amino-alcohol motifs (C(OH)–C–C–N with tert-alkyl or cyclic N) is 1. The first-order chi connectivity index (χ1) is 9.39. The molecular weight excluding hydrogens is 254 g/mol. The third-order valence-electron chi connectivity index (χ3n) is 3.57. The highest BCUT2D eigenvalue weighted by Crippen LogP contribution is 2.28. The molecule has 1 aromatic rings. The van der Waals surface area contributed by atoms with Gasteiger partial charge in [-0.1, -0.05) is 0 Å². The number of hydrogen-bond donors (Lipinski definition) is 2. The Morgan fingerprint density at radius 2 is 1.90 bits per heavy atom. The number of rotatable bonds is 4. The van der Waals surface area contributed by atoms with Crippen LogP contribution in [0, 0.1) is 0 Å². The zero-order chi connectivity index (χ0) is 14.8. The fourth-order valence-electron chi connectivity index (χ4n) is 2.61. The van der Waals surface area contributed by atoms with Crippen molar-refractivity contribution in [2.75, 3.05) is 50.5 Å². The van der Waals surface area contributed by atoms with Gasteiger partial charge < -0.3 is 20.5 Å². The molecule has 0 amide bonds. The third kappa shape index (κ3) is 3.77. The molecular formula is C15H25N3O2. The third-order valence-corrected chi connectivity index (χ3v) is 3.57. The SMILES string of the molecule is COc1cc(N2CCN(CC(C)(C)O)CC2)ccc1N. The predicted molar refractivity (Wildman–Crippen MR) is 82.4 cm³/mol. The molecule has 112 valence electrons. The molecule has 1 aromatic carbocycles. The van der Waals surface area contributed by atoms with E-state index >= 15 is 0 Å². The Bertz CT molecular complexity index is 449.